The molecule has 31 heavy (non-hydrogen) atoms. The first-order chi connectivity index (χ1) is 15.1. The van der Waals surface area contributed by atoms with E-state index >= 15 is 0 Å². The number of likely N-dealkylation sites (tertiary alicyclic amines) is 1. The number of rotatable bonds is 7. The number of nitrogens with zero attached hydrogens (tertiary/aromatic N) is 1. The van der Waals surface area contributed by atoms with Crippen molar-refractivity contribution in [1.82, 2.24) is 10.2 Å². The maximum absolute atomic E-state index is 13.6. The molecule has 1 aromatic carbocycles. The maximum Gasteiger partial charge on any atom is 0.226 e. The van der Waals surface area contributed by atoms with Crippen molar-refractivity contribution in [3.8, 4) is 5.75 Å². The number of fused-ring (bicyclic) bond motifs is 1. The van der Waals surface area contributed by atoms with Crippen LogP contribution in [0, 0.1) is 5.92 Å². The number of ether oxygens (including phenoxy) is 1. The largest absolute Gasteiger partial charge is 0.496 e. The van der Waals surface area contributed by atoms with Gasteiger partial charge >= 0.3 is 0 Å². The van der Waals surface area contributed by atoms with Crippen molar-refractivity contribution in [1.29, 1.82) is 0 Å². The number of hydrogen-bond acceptors (Lipinski definition) is 4. The molecule has 1 aromatic heterocycles. The molecule has 166 valence electrons. The number of carbonyl (C=O) groups excluding carboxylic acids is 2. The molecule has 1 N–H and O–H groups in total. The van der Waals surface area contributed by atoms with Gasteiger partial charge in [-0.15, -0.1) is 0 Å². The van der Waals surface area contributed by atoms with Gasteiger partial charge in [0, 0.05) is 30.5 Å². The summed E-state index contributed by atoms with van der Waals surface area (Å²) in [5.41, 5.74) is 1.99. The molecule has 1 aliphatic carbocycles. The molecular formula is C25H32N2O4. The summed E-state index contributed by atoms with van der Waals surface area (Å²) in [6, 6.07) is 9.36. The SMILES string of the molecule is CCCCN1C(=O)CCC(C(=O)NC2CCCc3occc32)C1c1ccccc1OC. The van der Waals surface area contributed by atoms with Gasteiger partial charge in [0.2, 0.25) is 11.8 Å². The summed E-state index contributed by atoms with van der Waals surface area (Å²) in [6.45, 7) is 2.76. The minimum absolute atomic E-state index is 0.00366. The van der Waals surface area contributed by atoms with Crippen LogP contribution in [0.1, 0.15) is 74.4 Å². The van der Waals surface area contributed by atoms with E-state index in [0.29, 0.717) is 19.4 Å². The van der Waals surface area contributed by atoms with E-state index in [1.165, 1.54) is 0 Å². The van der Waals surface area contributed by atoms with Crippen LogP contribution in [0.3, 0.4) is 0 Å². The summed E-state index contributed by atoms with van der Waals surface area (Å²) in [5, 5.41) is 3.28. The molecule has 0 bridgehead atoms. The second-order valence-electron chi connectivity index (χ2n) is 8.53. The van der Waals surface area contributed by atoms with Crippen molar-refractivity contribution in [3.63, 3.8) is 0 Å². The van der Waals surface area contributed by atoms with Crippen molar-refractivity contribution in [2.45, 2.75) is 64.0 Å². The van der Waals surface area contributed by atoms with Crippen LogP contribution in [0.4, 0.5) is 0 Å². The molecule has 3 unspecified atom stereocenters. The molecule has 2 aliphatic rings. The van der Waals surface area contributed by atoms with Crippen molar-refractivity contribution in [2.75, 3.05) is 13.7 Å². The third-order valence-electron chi connectivity index (χ3n) is 6.62. The van der Waals surface area contributed by atoms with E-state index in [0.717, 1.165) is 54.7 Å². The summed E-state index contributed by atoms with van der Waals surface area (Å²) < 4.78 is 11.2. The molecule has 0 spiro atoms. The lowest BCUT2D eigenvalue weighted by Crippen LogP contribution is -2.49. The van der Waals surface area contributed by atoms with E-state index in [1.54, 1.807) is 13.4 Å². The number of para-hydroxylation sites is 1. The number of benzene rings is 1. The predicted molar refractivity (Wildman–Crippen MR) is 118 cm³/mol. The maximum atomic E-state index is 13.6. The Morgan fingerprint density at radius 1 is 1.19 bits per heavy atom. The van der Waals surface area contributed by atoms with E-state index in [2.05, 4.69) is 12.2 Å². The monoisotopic (exact) mass is 424 g/mol. The molecule has 2 aromatic rings. The highest BCUT2D eigenvalue weighted by atomic mass is 16.5. The van der Waals surface area contributed by atoms with Crippen LogP contribution in [0.25, 0.3) is 0 Å². The fourth-order valence-electron chi connectivity index (χ4n) is 5.03. The number of amides is 2. The highest BCUT2D eigenvalue weighted by molar-refractivity contribution is 5.85. The number of piperidine rings is 1. The van der Waals surface area contributed by atoms with Crippen molar-refractivity contribution >= 4 is 11.8 Å². The van der Waals surface area contributed by atoms with Crippen LogP contribution in [-0.4, -0.2) is 30.4 Å². The third-order valence-corrected chi connectivity index (χ3v) is 6.62. The number of carbonyl (C=O) groups is 2. The molecular weight excluding hydrogens is 392 g/mol. The summed E-state index contributed by atoms with van der Waals surface area (Å²) >= 11 is 0. The summed E-state index contributed by atoms with van der Waals surface area (Å²) in [6.07, 6.45) is 7.36. The molecule has 1 saturated heterocycles. The van der Waals surface area contributed by atoms with Gasteiger partial charge in [-0.25, -0.2) is 0 Å². The number of nitrogens with one attached hydrogen (secondary N) is 1. The van der Waals surface area contributed by atoms with Crippen LogP contribution in [0.2, 0.25) is 0 Å². The van der Waals surface area contributed by atoms with E-state index in [1.807, 2.05) is 35.2 Å². The fourth-order valence-corrected chi connectivity index (χ4v) is 5.03. The zero-order valence-electron chi connectivity index (χ0n) is 18.4. The summed E-state index contributed by atoms with van der Waals surface area (Å²) in [4.78, 5) is 28.4. The minimum atomic E-state index is -0.323. The quantitative estimate of drug-likeness (QED) is 0.707. The van der Waals surface area contributed by atoms with Gasteiger partial charge in [0.25, 0.3) is 0 Å². The number of furan rings is 1. The highest BCUT2D eigenvalue weighted by Crippen LogP contribution is 2.41. The van der Waals surface area contributed by atoms with Gasteiger partial charge < -0.3 is 19.4 Å². The first-order valence-electron chi connectivity index (χ1n) is 11.4. The van der Waals surface area contributed by atoms with Crippen LogP contribution in [-0.2, 0) is 16.0 Å². The minimum Gasteiger partial charge on any atom is -0.496 e. The third kappa shape index (κ3) is 4.34. The topological polar surface area (TPSA) is 71.8 Å². The Hall–Kier alpha value is -2.76. The first-order valence-corrected chi connectivity index (χ1v) is 11.4. The van der Waals surface area contributed by atoms with Gasteiger partial charge in [-0.3, -0.25) is 9.59 Å². The van der Waals surface area contributed by atoms with E-state index in [-0.39, 0.29) is 29.8 Å². The Labute approximate surface area is 183 Å². The first kappa shape index (κ1) is 21.5. The zero-order valence-corrected chi connectivity index (χ0v) is 18.4. The summed E-state index contributed by atoms with van der Waals surface area (Å²) in [5.74, 6) is 1.49. The Balaban J connectivity index is 1.64. The fraction of sp³-hybridized carbons (Fsp3) is 0.520. The second kappa shape index (κ2) is 9.58. The molecule has 4 rings (SSSR count). The molecule has 1 fully saturated rings. The zero-order chi connectivity index (χ0) is 21.8. The standard InChI is InChI=1S/C25H32N2O4/c1-3-4-15-27-23(28)13-12-19(24(27)18-8-5-6-10-21(18)30-2)25(29)26-20-9-7-11-22-17(20)14-16-31-22/h5-6,8,10,14,16,19-20,24H,3-4,7,9,11-13,15H2,1-2H3,(H,26,29). The van der Waals surface area contributed by atoms with Crippen molar-refractivity contribution in [3.05, 3.63) is 53.5 Å². The molecule has 2 heterocycles. The van der Waals surface area contributed by atoms with Gasteiger partial charge in [-0.2, -0.15) is 0 Å². The predicted octanol–water partition coefficient (Wildman–Crippen LogP) is 4.56. The molecule has 3 atom stereocenters. The second-order valence-corrected chi connectivity index (χ2v) is 8.53. The number of aryl methyl sites for hydroxylation is 1. The average molecular weight is 425 g/mol. The lowest BCUT2D eigenvalue weighted by Gasteiger charge is -2.42. The van der Waals surface area contributed by atoms with Crippen molar-refractivity contribution in [2.24, 2.45) is 5.92 Å². The van der Waals surface area contributed by atoms with Crippen LogP contribution < -0.4 is 10.1 Å². The number of hydrogen-bond donors (Lipinski definition) is 1. The van der Waals surface area contributed by atoms with E-state index in [4.69, 9.17) is 9.15 Å². The van der Waals surface area contributed by atoms with Gasteiger partial charge in [-0.1, -0.05) is 31.5 Å². The Morgan fingerprint density at radius 3 is 2.84 bits per heavy atom. The Kier molecular flexibility index (Phi) is 6.64. The Bertz CT molecular complexity index is 922. The van der Waals surface area contributed by atoms with Crippen LogP contribution in [0.5, 0.6) is 5.75 Å². The number of unbranched alkanes of at least 4 members (excludes halogenated alkanes) is 1. The lowest BCUT2D eigenvalue weighted by atomic mass is 9.82. The van der Waals surface area contributed by atoms with Crippen LogP contribution in [0.15, 0.2) is 41.0 Å². The van der Waals surface area contributed by atoms with E-state index in [9.17, 15) is 9.59 Å². The van der Waals surface area contributed by atoms with Gasteiger partial charge in [0.15, 0.2) is 0 Å². The Morgan fingerprint density at radius 2 is 2.03 bits per heavy atom. The van der Waals surface area contributed by atoms with Crippen LogP contribution >= 0.6 is 0 Å². The number of methoxy groups -OCH3 is 1. The molecule has 6 heteroatoms. The highest BCUT2D eigenvalue weighted by Gasteiger charge is 2.42. The van der Waals surface area contributed by atoms with Gasteiger partial charge in [0.1, 0.15) is 11.5 Å². The molecule has 0 radical (unpaired) electrons. The molecule has 2 amide bonds. The molecule has 1 aliphatic heterocycles. The normalized spacial score (nSPS) is 23.4. The van der Waals surface area contributed by atoms with Gasteiger partial charge in [0.05, 0.1) is 31.4 Å². The molecule has 0 saturated carbocycles. The molecule has 6 nitrogen and oxygen atoms in total. The lowest BCUT2D eigenvalue weighted by molar-refractivity contribution is -0.143. The smallest absolute Gasteiger partial charge is 0.226 e. The van der Waals surface area contributed by atoms with Gasteiger partial charge in [-0.05, 0) is 37.8 Å². The average Bonchev–Trinajstić information content (AvgIpc) is 3.28. The van der Waals surface area contributed by atoms with E-state index < -0.39 is 0 Å². The summed E-state index contributed by atoms with van der Waals surface area (Å²) in [7, 11) is 1.64. The van der Waals surface area contributed by atoms with Crippen molar-refractivity contribution < 1.29 is 18.7 Å².